The summed E-state index contributed by atoms with van der Waals surface area (Å²) >= 11 is 0. The minimum Gasteiger partial charge on any atom is -0.480 e. The van der Waals surface area contributed by atoms with Crippen molar-refractivity contribution in [2.24, 2.45) is 17.3 Å². The maximum Gasteiger partial charge on any atom is 0.320 e. The Hall–Kier alpha value is -1.14. The molecule has 146 valence electrons. The molecule has 26 heavy (non-hydrogen) atoms. The summed E-state index contributed by atoms with van der Waals surface area (Å²) in [5, 5.41) is 24.3. The van der Waals surface area contributed by atoms with Crippen LogP contribution in [0.2, 0.25) is 0 Å². The SMILES string of the molecule is O=C(O)C1CC2CCCCCC2N1.O=C(O)C1CCC23CCC(C2)C3N1. The second kappa shape index (κ2) is 7.12. The highest BCUT2D eigenvalue weighted by atomic mass is 16.4. The van der Waals surface area contributed by atoms with Crippen molar-refractivity contribution in [3.8, 4) is 0 Å². The standard InChI is InChI=1S/C10H15NO2.C10H17NO2/c12-9(13)7-2-4-10-3-1-6(5-10)8(10)11-7;12-10(13)9-6-7-4-2-1-3-5-8(7)11-9/h6-8,11H,1-5H2,(H,12,13);7-9,11H,1-6H2,(H,12,13). The Morgan fingerprint density at radius 3 is 2.27 bits per heavy atom. The van der Waals surface area contributed by atoms with Crippen LogP contribution in [0.5, 0.6) is 0 Å². The van der Waals surface area contributed by atoms with E-state index >= 15 is 0 Å². The van der Waals surface area contributed by atoms with Crippen LogP contribution in [0.3, 0.4) is 0 Å². The molecule has 6 aliphatic rings. The van der Waals surface area contributed by atoms with Crippen LogP contribution in [-0.4, -0.2) is 46.3 Å². The van der Waals surface area contributed by atoms with E-state index in [-0.39, 0.29) is 12.1 Å². The van der Waals surface area contributed by atoms with Crippen LogP contribution in [0.15, 0.2) is 0 Å². The molecule has 4 saturated carbocycles. The normalized spacial score (nSPS) is 46.0. The third-order valence-electron chi connectivity index (χ3n) is 7.83. The molecule has 0 aromatic heterocycles. The van der Waals surface area contributed by atoms with Gasteiger partial charge < -0.3 is 20.8 Å². The molecule has 6 heteroatoms. The number of carbonyl (C=O) groups is 2. The fourth-order valence-corrected chi connectivity index (χ4v) is 6.41. The number of aliphatic carboxylic acids is 2. The summed E-state index contributed by atoms with van der Waals surface area (Å²) in [5.41, 5.74) is 0.524. The molecule has 6 fully saturated rings. The number of piperidine rings is 1. The molecule has 0 aromatic carbocycles. The van der Waals surface area contributed by atoms with Gasteiger partial charge in [0, 0.05) is 12.1 Å². The maximum atomic E-state index is 10.8. The van der Waals surface area contributed by atoms with E-state index in [0.29, 0.717) is 23.4 Å². The van der Waals surface area contributed by atoms with Crippen LogP contribution in [0.25, 0.3) is 0 Å². The molecule has 4 aliphatic carbocycles. The quantitative estimate of drug-likeness (QED) is 0.600. The molecule has 0 aromatic rings. The van der Waals surface area contributed by atoms with Crippen LogP contribution in [-0.2, 0) is 9.59 Å². The number of nitrogens with one attached hydrogen (secondary N) is 2. The van der Waals surface area contributed by atoms with Crippen LogP contribution < -0.4 is 10.6 Å². The zero-order chi connectivity index (χ0) is 18.3. The van der Waals surface area contributed by atoms with Crippen molar-refractivity contribution in [2.75, 3.05) is 0 Å². The smallest absolute Gasteiger partial charge is 0.320 e. The highest BCUT2D eigenvalue weighted by Crippen LogP contribution is 2.62. The Morgan fingerprint density at radius 1 is 0.808 bits per heavy atom. The van der Waals surface area contributed by atoms with E-state index in [9.17, 15) is 9.59 Å². The van der Waals surface area contributed by atoms with E-state index in [4.69, 9.17) is 10.2 Å². The van der Waals surface area contributed by atoms with E-state index < -0.39 is 11.9 Å². The van der Waals surface area contributed by atoms with Gasteiger partial charge in [-0.15, -0.1) is 0 Å². The average molecular weight is 364 g/mol. The van der Waals surface area contributed by atoms with Gasteiger partial charge in [0.15, 0.2) is 0 Å². The number of rotatable bonds is 2. The second-order valence-electron chi connectivity index (χ2n) is 9.24. The molecule has 7 unspecified atom stereocenters. The van der Waals surface area contributed by atoms with Crippen LogP contribution in [0.4, 0.5) is 0 Å². The van der Waals surface area contributed by atoms with E-state index in [1.165, 1.54) is 51.4 Å². The molecule has 2 heterocycles. The third kappa shape index (κ3) is 3.26. The minimum absolute atomic E-state index is 0.265. The topological polar surface area (TPSA) is 98.7 Å². The summed E-state index contributed by atoms with van der Waals surface area (Å²) < 4.78 is 0. The predicted molar refractivity (Wildman–Crippen MR) is 96.9 cm³/mol. The van der Waals surface area contributed by atoms with Crippen LogP contribution in [0.1, 0.15) is 70.6 Å². The second-order valence-corrected chi connectivity index (χ2v) is 9.24. The molecule has 2 aliphatic heterocycles. The van der Waals surface area contributed by atoms with Crippen LogP contribution >= 0.6 is 0 Å². The van der Waals surface area contributed by atoms with Crippen molar-refractivity contribution in [2.45, 2.75) is 94.8 Å². The fourth-order valence-electron chi connectivity index (χ4n) is 6.41. The van der Waals surface area contributed by atoms with E-state index in [1.807, 2.05) is 0 Å². The van der Waals surface area contributed by atoms with Gasteiger partial charge in [0.25, 0.3) is 0 Å². The van der Waals surface area contributed by atoms with Gasteiger partial charge in [0.1, 0.15) is 12.1 Å². The lowest BCUT2D eigenvalue weighted by Crippen LogP contribution is -2.62. The van der Waals surface area contributed by atoms with Crippen molar-refractivity contribution in [1.82, 2.24) is 10.6 Å². The van der Waals surface area contributed by atoms with Crippen molar-refractivity contribution in [3.05, 3.63) is 0 Å². The fraction of sp³-hybridized carbons (Fsp3) is 0.900. The van der Waals surface area contributed by atoms with Gasteiger partial charge in [-0.05, 0) is 68.6 Å². The lowest BCUT2D eigenvalue weighted by Gasteiger charge is -2.53. The molecule has 6 rings (SSSR count). The van der Waals surface area contributed by atoms with E-state index in [2.05, 4.69) is 10.6 Å². The molecule has 6 nitrogen and oxygen atoms in total. The van der Waals surface area contributed by atoms with Gasteiger partial charge in [0.05, 0.1) is 0 Å². The molecule has 0 radical (unpaired) electrons. The first-order valence-electron chi connectivity index (χ1n) is 10.5. The average Bonchev–Trinajstić information content (AvgIpc) is 3.25. The van der Waals surface area contributed by atoms with Crippen molar-refractivity contribution in [1.29, 1.82) is 0 Å². The Labute approximate surface area is 155 Å². The third-order valence-corrected chi connectivity index (χ3v) is 7.83. The molecule has 0 amide bonds. The highest BCUT2D eigenvalue weighted by Gasteiger charge is 2.61. The Balaban J connectivity index is 0.000000129. The monoisotopic (exact) mass is 364 g/mol. The summed E-state index contributed by atoms with van der Waals surface area (Å²) in [6.07, 6.45) is 13.1. The van der Waals surface area contributed by atoms with Gasteiger partial charge in [-0.3, -0.25) is 9.59 Å². The van der Waals surface area contributed by atoms with E-state index in [1.54, 1.807) is 0 Å². The van der Waals surface area contributed by atoms with Gasteiger partial charge in [-0.1, -0.05) is 19.3 Å². The first-order valence-corrected chi connectivity index (χ1v) is 10.5. The number of hydrogen-bond acceptors (Lipinski definition) is 4. The van der Waals surface area contributed by atoms with Crippen molar-refractivity contribution in [3.63, 3.8) is 0 Å². The first kappa shape index (κ1) is 18.2. The minimum atomic E-state index is -0.673. The molecule has 7 atom stereocenters. The Morgan fingerprint density at radius 2 is 1.54 bits per heavy atom. The Bertz CT molecular complexity index is 550. The predicted octanol–water partition coefficient (Wildman–Crippen LogP) is 2.37. The first-order chi connectivity index (χ1) is 12.5. The summed E-state index contributed by atoms with van der Waals surface area (Å²) in [4.78, 5) is 21.6. The largest absolute Gasteiger partial charge is 0.480 e. The molecule has 2 bridgehead atoms. The van der Waals surface area contributed by atoms with Gasteiger partial charge in [0.2, 0.25) is 0 Å². The number of fused-ring (bicyclic) bond motifs is 2. The van der Waals surface area contributed by atoms with Gasteiger partial charge in [-0.2, -0.15) is 0 Å². The molecular weight excluding hydrogens is 332 g/mol. The summed E-state index contributed by atoms with van der Waals surface area (Å²) in [6.45, 7) is 0. The Kier molecular flexibility index (Phi) is 4.99. The number of carboxylic acid groups (broad SMARTS) is 2. The number of carboxylic acids is 2. The lowest BCUT2D eigenvalue weighted by atomic mass is 9.60. The van der Waals surface area contributed by atoms with Gasteiger partial charge in [-0.25, -0.2) is 0 Å². The number of hydrogen-bond donors (Lipinski definition) is 4. The summed E-state index contributed by atoms with van der Waals surface area (Å²) in [5.74, 6) is 0.0833. The molecule has 1 spiro atoms. The van der Waals surface area contributed by atoms with Crippen LogP contribution in [0, 0.1) is 17.3 Å². The van der Waals surface area contributed by atoms with Gasteiger partial charge >= 0.3 is 11.9 Å². The highest BCUT2D eigenvalue weighted by molar-refractivity contribution is 5.74. The van der Waals surface area contributed by atoms with Crippen molar-refractivity contribution < 1.29 is 19.8 Å². The van der Waals surface area contributed by atoms with Crippen molar-refractivity contribution >= 4 is 11.9 Å². The molecule has 2 saturated heterocycles. The molecular formula is C20H32N2O4. The maximum absolute atomic E-state index is 10.8. The summed E-state index contributed by atoms with van der Waals surface area (Å²) in [6, 6.07) is 0.498. The zero-order valence-electron chi connectivity index (χ0n) is 15.5. The lowest BCUT2D eigenvalue weighted by molar-refractivity contribution is -0.143. The zero-order valence-corrected chi connectivity index (χ0v) is 15.5. The summed E-state index contributed by atoms with van der Waals surface area (Å²) in [7, 11) is 0. The van der Waals surface area contributed by atoms with E-state index in [0.717, 1.165) is 25.2 Å². The molecule has 4 N–H and O–H groups in total.